The predicted molar refractivity (Wildman–Crippen MR) is 98.9 cm³/mol. The van der Waals surface area contributed by atoms with Crippen LogP contribution in [0, 0.1) is 5.92 Å². The predicted octanol–water partition coefficient (Wildman–Crippen LogP) is 4.91. The molecule has 0 unspecified atom stereocenters. The van der Waals surface area contributed by atoms with Gasteiger partial charge in [-0.1, -0.05) is 79.6 Å². The molecule has 0 saturated heterocycles. The Morgan fingerprint density at radius 2 is 1.41 bits per heavy atom. The molecule has 0 spiro atoms. The highest BCUT2D eigenvalue weighted by Gasteiger charge is 2.25. The van der Waals surface area contributed by atoms with E-state index in [2.05, 4.69) is 63.9 Å². The minimum atomic E-state index is 0.474. The van der Waals surface area contributed by atoms with Gasteiger partial charge in [0.05, 0.1) is 0 Å². The fourth-order valence-corrected chi connectivity index (χ4v) is 3.31. The Bertz CT molecular complexity index is 643. The molecule has 0 amide bonds. The van der Waals surface area contributed by atoms with Crippen LogP contribution in [0.2, 0.25) is 0 Å². The molecule has 0 atom stereocenters. The van der Waals surface area contributed by atoms with Crippen molar-refractivity contribution in [3.05, 3.63) is 71.7 Å². The van der Waals surface area contributed by atoms with E-state index < -0.39 is 0 Å². The summed E-state index contributed by atoms with van der Waals surface area (Å²) in [6.07, 6.45) is 7.17. The number of fused-ring (bicyclic) bond motifs is 1. The first kappa shape index (κ1) is 16.5. The largest absolute Gasteiger partial charge is 0.103 e. The van der Waals surface area contributed by atoms with E-state index >= 15 is 0 Å². The smallest absolute Gasteiger partial charge is 0.00662 e. The van der Waals surface area contributed by atoms with Gasteiger partial charge in [0.1, 0.15) is 0 Å². The van der Waals surface area contributed by atoms with Crippen LogP contribution in [0.3, 0.4) is 0 Å². The third-order valence-electron chi connectivity index (χ3n) is 4.74. The summed E-state index contributed by atoms with van der Waals surface area (Å²) in [6, 6.07) is 8.84. The van der Waals surface area contributed by atoms with Gasteiger partial charge >= 0.3 is 0 Å². The van der Waals surface area contributed by atoms with Crippen molar-refractivity contribution in [2.45, 2.75) is 46.0 Å². The summed E-state index contributed by atoms with van der Waals surface area (Å²) in [5.74, 6) is 0.474. The van der Waals surface area contributed by atoms with Gasteiger partial charge in [0.15, 0.2) is 0 Å². The third kappa shape index (κ3) is 3.32. The molecule has 0 heteroatoms. The molecule has 0 aliphatic heterocycles. The maximum atomic E-state index is 4.23. The lowest BCUT2D eigenvalue weighted by Crippen LogP contribution is -2.23. The molecule has 1 aliphatic carbocycles. The first-order chi connectivity index (χ1) is 10.6. The lowest BCUT2D eigenvalue weighted by molar-refractivity contribution is 0.816. The van der Waals surface area contributed by atoms with Crippen LogP contribution in [0.15, 0.2) is 61.2 Å². The van der Waals surface area contributed by atoms with Gasteiger partial charge in [-0.05, 0) is 42.5 Å². The summed E-state index contributed by atoms with van der Waals surface area (Å²) in [5.41, 5.74) is 5.69. The van der Waals surface area contributed by atoms with Crippen molar-refractivity contribution < 1.29 is 0 Å². The van der Waals surface area contributed by atoms with Gasteiger partial charge in [0.2, 0.25) is 0 Å². The molecule has 0 fully saturated rings. The summed E-state index contributed by atoms with van der Waals surface area (Å²) in [5, 5.41) is 2.84. The molecule has 116 valence electrons. The summed E-state index contributed by atoms with van der Waals surface area (Å²) in [4.78, 5) is 0. The van der Waals surface area contributed by atoms with Crippen LogP contribution in [0.1, 0.15) is 46.0 Å². The second-order valence-corrected chi connectivity index (χ2v) is 6.23. The van der Waals surface area contributed by atoms with Crippen molar-refractivity contribution in [3.8, 4) is 0 Å². The Morgan fingerprint density at radius 1 is 0.955 bits per heavy atom. The summed E-state index contributed by atoms with van der Waals surface area (Å²) in [7, 11) is 0. The van der Waals surface area contributed by atoms with Crippen LogP contribution < -0.4 is 10.4 Å². The van der Waals surface area contributed by atoms with Crippen LogP contribution in [0.5, 0.6) is 0 Å². The number of allylic oxidation sites excluding steroid dienone is 3. The van der Waals surface area contributed by atoms with Crippen molar-refractivity contribution in [3.63, 3.8) is 0 Å². The van der Waals surface area contributed by atoms with Crippen LogP contribution >= 0.6 is 0 Å². The van der Waals surface area contributed by atoms with E-state index in [1.54, 1.807) is 0 Å². The molecule has 1 aromatic rings. The van der Waals surface area contributed by atoms with Gasteiger partial charge in [-0.3, -0.25) is 0 Å². The first-order valence-corrected chi connectivity index (χ1v) is 8.37. The second kappa shape index (κ2) is 7.45. The van der Waals surface area contributed by atoms with E-state index in [1.807, 2.05) is 0 Å². The second-order valence-electron chi connectivity index (χ2n) is 6.23. The van der Waals surface area contributed by atoms with Crippen molar-refractivity contribution in [2.75, 3.05) is 0 Å². The Morgan fingerprint density at radius 3 is 1.77 bits per heavy atom. The maximum Gasteiger partial charge on any atom is 0.00662 e. The monoisotopic (exact) mass is 292 g/mol. The molecular formula is C22H28. The minimum Gasteiger partial charge on any atom is -0.103 e. The van der Waals surface area contributed by atoms with E-state index in [1.165, 1.54) is 32.7 Å². The molecule has 0 nitrogen and oxygen atoms in total. The fraction of sp³-hybridized carbons (Fsp3) is 0.364. The number of hydrogen-bond donors (Lipinski definition) is 0. The zero-order valence-corrected chi connectivity index (χ0v) is 14.1. The zero-order chi connectivity index (χ0) is 16.1. The third-order valence-corrected chi connectivity index (χ3v) is 4.74. The highest BCUT2D eigenvalue weighted by molar-refractivity contribution is 5.73. The van der Waals surface area contributed by atoms with Crippen molar-refractivity contribution in [1.82, 2.24) is 0 Å². The van der Waals surface area contributed by atoms with Gasteiger partial charge in [-0.2, -0.15) is 0 Å². The Kier molecular flexibility index (Phi) is 5.60. The molecule has 1 aliphatic rings. The Labute approximate surface area is 135 Å². The van der Waals surface area contributed by atoms with Crippen molar-refractivity contribution >= 4 is 11.1 Å². The molecule has 22 heavy (non-hydrogen) atoms. The average Bonchev–Trinajstić information content (AvgIpc) is 2.82. The van der Waals surface area contributed by atoms with Crippen molar-refractivity contribution in [1.29, 1.82) is 0 Å². The summed E-state index contributed by atoms with van der Waals surface area (Å²) < 4.78 is 0. The Balaban J connectivity index is 2.58. The van der Waals surface area contributed by atoms with Gasteiger partial charge in [0, 0.05) is 5.92 Å². The topological polar surface area (TPSA) is 0 Å². The molecule has 0 saturated carbocycles. The lowest BCUT2D eigenvalue weighted by atomic mass is 9.84. The Hall–Kier alpha value is -1.82. The maximum absolute atomic E-state index is 4.23. The van der Waals surface area contributed by atoms with E-state index in [4.69, 9.17) is 0 Å². The fourth-order valence-electron chi connectivity index (χ4n) is 3.31. The number of rotatable bonds is 8. The van der Waals surface area contributed by atoms with Gasteiger partial charge in [-0.15, -0.1) is 6.58 Å². The molecule has 0 bridgehead atoms. The van der Waals surface area contributed by atoms with Gasteiger partial charge < -0.3 is 0 Å². The molecular weight excluding hydrogens is 264 g/mol. The van der Waals surface area contributed by atoms with Gasteiger partial charge in [-0.25, -0.2) is 0 Å². The SMILES string of the molecule is C=CCC1C(CC(=C)CC)=c2ccccc2=C1CC(=C)CC. The van der Waals surface area contributed by atoms with E-state index in [0.717, 1.165) is 32.1 Å². The number of hydrogen-bond acceptors (Lipinski definition) is 0. The van der Waals surface area contributed by atoms with Crippen LogP contribution in [0.4, 0.5) is 0 Å². The summed E-state index contributed by atoms with van der Waals surface area (Å²) >= 11 is 0. The minimum absolute atomic E-state index is 0.474. The standard InChI is InChI=1S/C22H28/c1-6-11-18-21(14-16(4)7-2)19-12-9-10-13-20(19)22(18)15-17(5)8-3/h6,9-10,12-13,18H,1,4-5,7-8,11,14-15H2,2-3H3. The van der Waals surface area contributed by atoms with Crippen molar-refractivity contribution in [2.24, 2.45) is 5.92 Å². The van der Waals surface area contributed by atoms with Crippen LogP contribution in [-0.4, -0.2) is 0 Å². The molecule has 0 heterocycles. The lowest BCUT2D eigenvalue weighted by Gasteiger charge is -2.20. The summed E-state index contributed by atoms with van der Waals surface area (Å²) in [6.45, 7) is 16.8. The average molecular weight is 292 g/mol. The number of benzene rings is 1. The van der Waals surface area contributed by atoms with Crippen LogP contribution in [-0.2, 0) is 0 Å². The molecule has 1 aromatic carbocycles. The van der Waals surface area contributed by atoms with E-state index in [0.29, 0.717) is 5.92 Å². The molecule has 0 radical (unpaired) electrons. The molecule has 0 aromatic heterocycles. The normalized spacial score (nSPS) is 14.1. The highest BCUT2D eigenvalue weighted by Crippen LogP contribution is 2.35. The quantitative estimate of drug-likeness (QED) is 0.597. The van der Waals surface area contributed by atoms with E-state index in [9.17, 15) is 0 Å². The van der Waals surface area contributed by atoms with Crippen LogP contribution in [0.25, 0.3) is 11.1 Å². The molecule has 2 rings (SSSR count). The van der Waals surface area contributed by atoms with Gasteiger partial charge in [0.25, 0.3) is 0 Å². The zero-order valence-electron chi connectivity index (χ0n) is 14.1. The van der Waals surface area contributed by atoms with E-state index in [-0.39, 0.29) is 0 Å². The first-order valence-electron chi connectivity index (χ1n) is 8.37. The molecule has 0 N–H and O–H groups in total. The highest BCUT2D eigenvalue weighted by atomic mass is 14.3.